The first kappa shape index (κ1) is 15.8. The van der Waals surface area contributed by atoms with Gasteiger partial charge in [-0.05, 0) is 31.0 Å². The van der Waals surface area contributed by atoms with Crippen molar-refractivity contribution in [1.82, 2.24) is 4.31 Å². The number of hydrogen-bond acceptors (Lipinski definition) is 4. The molecule has 1 atom stereocenters. The molecule has 0 amide bonds. The zero-order valence-electron chi connectivity index (χ0n) is 11.0. The molecule has 112 valence electrons. The molecule has 8 heteroatoms. The summed E-state index contributed by atoms with van der Waals surface area (Å²) < 4.78 is 26.5. The van der Waals surface area contributed by atoms with Gasteiger partial charge in [-0.3, -0.25) is 4.79 Å². The second-order valence-corrected chi connectivity index (χ2v) is 7.06. The van der Waals surface area contributed by atoms with Crippen molar-refractivity contribution in [2.75, 3.05) is 6.54 Å². The first-order chi connectivity index (χ1) is 9.86. The zero-order valence-corrected chi connectivity index (χ0v) is 12.6. The quantitative estimate of drug-likeness (QED) is 0.909. The van der Waals surface area contributed by atoms with Gasteiger partial charge in [0.15, 0.2) is 0 Å². The summed E-state index contributed by atoms with van der Waals surface area (Å²) in [4.78, 5) is 10.7. The van der Waals surface area contributed by atoms with Gasteiger partial charge in [0.05, 0.1) is 12.0 Å². The molecule has 1 aromatic carbocycles. The first-order valence-corrected chi connectivity index (χ1v) is 8.11. The third-order valence-corrected chi connectivity index (χ3v) is 5.61. The van der Waals surface area contributed by atoms with Crippen molar-refractivity contribution in [2.45, 2.75) is 30.2 Å². The van der Waals surface area contributed by atoms with Crippen LogP contribution in [0.3, 0.4) is 0 Å². The van der Waals surface area contributed by atoms with Crippen molar-refractivity contribution in [3.63, 3.8) is 0 Å². The Bertz CT molecular complexity index is 711. The van der Waals surface area contributed by atoms with Crippen molar-refractivity contribution in [3.8, 4) is 6.07 Å². The summed E-state index contributed by atoms with van der Waals surface area (Å²) in [5.41, 5.74) is 0.000347. The van der Waals surface area contributed by atoms with Crippen LogP contribution in [0.25, 0.3) is 0 Å². The third-order valence-electron chi connectivity index (χ3n) is 3.38. The zero-order chi connectivity index (χ0) is 15.6. The third kappa shape index (κ3) is 3.18. The van der Waals surface area contributed by atoms with Gasteiger partial charge in [0.25, 0.3) is 0 Å². The summed E-state index contributed by atoms with van der Waals surface area (Å²) in [5, 5.41) is 18.1. The van der Waals surface area contributed by atoms with Crippen LogP contribution in [0.1, 0.15) is 24.8 Å². The van der Waals surface area contributed by atoms with Gasteiger partial charge in [-0.1, -0.05) is 11.6 Å². The van der Waals surface area contributed by atoms with Crippen LogP contribution in [0.4, 0.5) is 0 Å². The Balaban J connectivity index is 2.45. The summed E-state index contributed by atoms with van der Waals surface area (Å²) in [6.45, 7) is 0.248. The smallest absolute Gasteiger partial charge is 0.304 e. The highest BCUT2D eigenvalue weighted by atomic mass is 35.5. The molecule has 1 saturated heterocycles. The molecule has 1 fully saturated rings. The Kier molecular flexibility index (Phi) is 4.52. The van der Waals surface area contributed by atoms with Crippen molar-refractivity contribution in [3.05, 3.63) is 28.8 Å². The summed E-state index contributed by atoms with van der Waals surface area (Å²) in [7, 11) is -3.94. The van der Waals surface area contributed by atoms with Crippen LogP contribution in [0.5, 0.6) is 0 Å². The molecular formula is C13H13ClN2O4S. The van der Waals surface area contributed by atoms with E-state index in [0.29, 0.717) is 12.8 Å². The molecule has 1 unspecified atom stereocenters. The lowest BCUT2D eigenvalue weighted by molar-refractivity contribution is -0.137. The van der Waals surface area contributed by atoms with Crippen LogP contribution in [-0.2, 0) is 14.8 Å². The van der Waals surface area contributed by atoms with Gasteiger partial charge in [-0.15, -0.1) is 0 Å². The number of nitriles is 1. The molecule has 0 aromatic heterocycles. The minimum absolute atomic E-state index is 0.000347. The van der Waals surface area contributed by atoms with E-state index in [4.69, 9.17) is 22.0 Å². The average molecular weight is 329 g/mol. The average Bonchev–Trinajstić information content (AvgIpc) is 2.86. The summed E-state index contributed by atoms with van der Waals surface area (Å²) in [6.07, 6.45) is 0.843. The van der Waals surface area contributed by atoms with Crippen LogP contribution >= 0.6 is 11.6 Å². The molecule has 1 aliphatic rings. The maximum atomic E-state index is 12.7. The monoisotopic (exact) mass is 328 g/mol. The number of halogens is 1. The number of sulfonamides is 1. The fraction of sp³-hybridized carbons (Fsp3) is 0.385. The van der Waals surface area contributed by atoms with Gasteiger partial charge >= 0.3 is 5.97 Å². The number of carboxylic acid groups (broad SMARTS) is 1. The Hall–Kier alpha value is -1.62. The molecule has 0 aliphatic carbocycles. The second-order valence-electron chi connectivity index (χ2n) is 4.76. The van der Waals surface area contributed by atoms with Crippen molar-refractivity contribution < 1.29 is 18.3 Å². The summed E-state index contributed by atoms with van der Waals surface area (Å²) >= 11 is 5.82. The molecule has 0 radical (unpaired) electrons. The fourth-order valence-electron chi connectivity index (χ4n) is 2.46. The Morgan fingerprint density at radius 2 is 2.24 bits per heavy atom. The Labute approximate surface area is 127 Å². The van der Waals surface area contributed by atoms with Gasteiger partial charge in [-0.2, -0.15) is 9.57 Å². The molecule has 0 spiro atoms. The number of benzene rings is 1. The van der Waals surface area contributed by atoms with Crippen LogP contribution in [0, 0.1) is 11.3 Å². The van der Waals surface area contributed by atoms with E-state index in [1.54, 1.807) is 0 Å². The predicted octanol–water partition coefficient (Wildman–Crippen LogP) is 1.84. The standard InChI is InChI=1S/C13H13ClN2O4S/c14-10-4-3-9(8-15)12(6-10)21(19,20)16-5-1-2-11(16)7-13(17)18/h3-4,6,11H,1-2,5,7H2,(H,17,18). The van der Waals surface area contributed by atoms with Crippen LogP contribution in [0.15, 0.2) is 23.1 Å². The van der Waals surface area contributed by atoms with Crippen LogP contribution in [-0.4, -0.2) is 36.4 Å². The minimum Gasteiger partial charge on any atom is -0.481 e. The minimum atomic E-state index is -3.94. The number of aliphatic carboxylic acids is 1. The lowest BCUT2D eigenvalue weighted by atomic mass is 10.2. The molecule has 1 aliphatic heterocycles. The molecule has 6 nitrogen and oxygen atoms in total. The molecule has 1 aromatic rings. The number of carboxylic acids is 1. The number of rotatable bonds is 4. The van der Waals surface area contributed by atoms with Gasteiger partial charge in [0.1, 0.15) is 11.0 Å². The van der Waals surface area contributed by atoms with E-state index in [1.165, 1.54) is 18.2 Å². The van der Waals surface area contributed by atoms with Crippen LogP contribution < -0.4 is 0 Å². The van der Waals surface area contributed by atoms with Crippen molar-refractivity contribution in [2.24, 2.45) is 0 Å². The van der Waals surface area contributed by atoms with E-state index < -0.39 is 22.0 Å². The van der Waals surface area contributed by atoms with E-state index >= 15 is 0 Å². The maximum absolute atomic E-state index is 12.7. The van der Waals surface area contributed by atoms with Crippen LogP contribution in [0.2, 0.25) is 5.02 Å². The highest BCUT2D eigenvalue weighted by molar-refractivity contribution is 7.89. The molecule has 1 heterocycles. The molecule has 1 N–H and O–H groups in total. The molecular weight excluding hydrogens is 316 g/mol. The number of hydrogen-bond donors (Lipinski definition) is 1. The maximum Gasteiger partial charge on any atom is 0.304 e. The first-order valence-electron chi connectivity index (χ1n) is 6.29. The van der Waals surface area contributed by atoms with E-state index in [0.717, 1.165) is 4.31 Å². The summed E-state index contributed by atoms with van der Waals surface area (Å²) in [5.74, 6) is -1.05. The molecule has 21 heavy (non-hydrogen) atoms. The van der Waals surface area contributed by atoms with E-state index in [-0.39, 0.29) is 28.4 Å². The molecule has 2 rings (SSSR count). The SMILES string of the molecule is N#Cc1ccc(Cl)cc1S(=O)(=O)N1CCCC1CC(=O)O. The van der Waals surface area contributed by atoms with Gasteiger partial charge in [-0.25, -0.2) is 8.42 Å². The van der Waals surface area contributed by atoms with E-state index in [1.807, 2.05) is 6.07 Å². The summed E-state index contributed by atoms with van der Waals surface area (Å²) in [6, 6.07) is 5.26. The Morgan fingerprint density at radius 1 is 1.52 bits per heavy atom. The number of carbonyl (C=O) groups is 1. The lowest BCUT2D eigenvalue weighted by Crippen LogP contribution is -2.37. The highest BCUT2D eigenvalue weighted by Gasteiger charge is 2.37. The van der Waals surface area contributed by atoms with Gasteiger partial charge in [0, 0.05) is 17.6 Å². The topological polar surface area (TPSA) is 98.5 Å². The van der Waals surface area contributed by atoms with Gasteiger partial charge in [0.2, 0.25) is 10.0 Å². The highest BCUT2D eigenvalue weighted by Crippen LogP contribution is 2.30. The van der Waals surface area contributed by atoms with E-state index in [2.05, 4.69) is 0 Å². The fourth-order valence-corrected chi connectivity index (χ4v) is 4.56. The normalized spacial score (nSPS) is 19.3. The lowest BCUT2D eigenvalue weighted by Gasteiger charge is -2.23. The molecule has 0 saturated carbocycles. The predicted molar refractivity (Wildman–Crippen MR) is 75.3 cm³/mol. The van der Waals surface area contributed by atoms with E-state index in [9.17, 15) is 13.2 Å². The molecule has 0 bridgehead atoms. The largest absolute Gasteiger partial charge is 0.481 e. The Morgan fingerprint density at radius 3 is 2.86 bits per heavy atom. The second kappa shape index (κ2) is 6.02. The van der Waals surface area contributed by atoms with Crippen molar-refractivity contribution in [1.29, 1.82) is 5.26 Å². The number of nitrogens with zero attached hydrogens (tertiary/aromatic N) is 2. The van der Waals surface area contributed by atoms with Crippen molar-refractivity contribution >= 4 is 27.6 Å². The van der Waals surface area contributed by atoms with Gasteiger partial charge < -0.3 is 5.11 Å².